The lowest BCUT2D eigenvalue weighted by Crippen LogP contribution is -2.08. The van der Waals surface area contributed by atoms with E-state index < -0.39 is 11.7 Å². The molecule has 1 aromatic heterocycles. The van der Waals surface area contributed by atoms with Gasteiger partial charge in [-0.25, -0.2) is 0 Å². The summed E-state index contributed by atoms with van der Waals surface area (Å²) in [5.41, 5.74) is 5.27. The zero-order chi connectivity index (χ0) is 15.5. The molecular formula is C13H13F3N4O. The number of benzene rings is 1. The van der Waals surface area contributed by atoms with E-state index in [1.807, 2.05) is 0 Å². The van der Waals surface area contributed by atoms with Crippen LogP contribution in [0.1, 0.15) is 11.1 Å². The normalized spacial score (nSPS) is 11.2. The summed E-state index contributed by atoms with van der Waals surface area (Å²) in [5, 5.41) is 2.88. The lowest BCUT2D eigenvalue weighted by molar-refractivity contribution is -0.137. The lowest BCUT2D eigenvalue weighted by atomic mass is 10.1. The van der Waals surface area contributed by atoms with E-state index in [-0.39, 0.29) is 18.4 Å². The van der Waals surface area contributed by atoms with Crippen LogP contribution in [0.5, 0.6) is 5.88 Å². The van der Waals surface area contributed by atoms with E-state index in [1.54, 1.807) is 6.07 Å². The number of nitrogen functional groups attached to an aromatic ring is 1. The number of nitrogens with one attached hydrogen (secondary N) is 1. The molecule has 0 atom stereocenters. The first-order chi connectivity index (χ1) is 9.88. The molecule has 5 nitrogen and oxygen atoms in total. The Balaban J connectivity index is 2.11. The van der Waals surface area contributed by atoms with Crippen LogP contribution in [0.3, 0.4) is 0 Å². The number of nitrogens with two attached hydrogens (primary N) is 1. The van der Waals surface area contributed by atoms with Crippen molar-refractivity contribution in [1.82, 2.24) is 9.97 Å². The maximum Gasteiger partial charge on any atom is 0.416 e. The fraction of sp³-hybridized carbons (Fsp3) is 0.231. The highest BCUT2D eigenvalue weighted by Crippen LogP contribution is 2.29. The Hall–Kier alpha value is -2.51. The maximum atomic E-state index is 12.6. The maximum absolute atomic E-state index is 12.6. The number of halogens is 3. The Morgan fingerprint density at radius 2 is 2.00 bits per heavy atom. The van der Waals surface area contributed by atoms with E-state index in [0.717, 1.165) is 12.1 Å². The van der Waals surface area contributed by atoms with Gasteiger partial charge in [0, 0.05) is 12.6 Å². The molecule has 21 heavy (non-hydrogen) atoms. The van der Waals surface area contributed by atoms with E-state index in [1.165, 1.54) is 19.2 Å². The van der Waals surface area contributed by atoms with Crippen LogP contribution in [0, 0.1) is 0 Å². The fourth-order valence-corrected chi connectivity index (χ4v) is 1.69. The van der Waals surface area contributed by atoms with E-state index in [2.05, 4.69) is 15.3 Å². The van der Waals surface area contributed by atoms with Gasteiger partial charge in [0.1, 0.15) is 5.82 Å². The van der Waals surface area contributed by atoms with Crippen LogP contribution in [0.25, 0.3) is 0 Å². The first-order valence-electron chi connectivity index (χ1n) is 5.97. The van der Waals surface area contributed by atoms with Crippen molar-refractivity contribution in [1.29, 1.82) is 0 Å². The molecule has 0 aliphatic carbocycles. The number of hydrogen-bond acceptors (Lipinski definition) is 5. The summed E-state index contributed by atoms with van der Waals surface area (Å²) in [7, 11) is 1.43. The molecule has 0 unspecified atom stereocenters. The first kappa shape index (κ1) is 14.9. The Kier molecular flexibility index (Phi) is 4.15. The van der Waals surface area contributed by atoms with Crippen molar-refractivity contribution in [2.45, 2.75) is 12.7 Å². The van der Waals surface area contributed by atoms with Gasteiger partial charge in [-0.1, -0.05) is 12.1 Å². The molecule has 0 saturated carbocycles. The molecule has 0 spiro atoms. The number of hydrogen-bond donors (Lipinski definition) is 2. The number of ether oxygens (including phenoxy) is 1. The van der Waals surface area contributed by atoms with Gasteiger partial charge in [-0.3, -0.25) is 0 Å². The number of nitrogens with zero attached hydrogens (tertiary/aromatic N) is 2. The van der Waals surface area contributed by atoms with Gasteiger partial charge in [0.2, 0.25) is 11.8 Å². The van der Waals surface area contributed by atoms with Crippen molar-refractivity contribution >= 4 is 11.8 Å². The smallest absolute Gasteiger partial charge is 0.416 e. The molecule has 0 amide bonds. The highest BCUT2D eigenvalue weighted by molar-refractivity contribution is 5.43. The largest absolute Gasteiger partial charge is 0.481 e. The first-order valence-corrected chi connectivity index (χ1v) is 5.97. The van der Waals surface area contributed by atoms with Gasteiger partial charge in [-0.2, -0.15) is 23.1 Å². The second-order valence-corrected chi connectivity index (χ2v) is 4.21. The molecule has 112 valence electrons. The zero-order valence-electron chi connectivity index (χ0n) is 11.1. The average molecular weight is 298 g/mol. The molecule has 0 aliphatic heterocycles. The third-order valence-corrected chi connectivity index (χ3v) is 2.66. The Morgan fingerprint density at radius 3 is 2.67 bits per heavy atom. The third kappa shape index (κ3) is 3.98. The van der Waals surface area contributed by atoms with Crippen molar-refractivity contribution in [2.24, 2.45) is 0 Å². The monoisotopic (exact) mass is 298 g/mol. The predicted molar refractivity (Wildman–Crippen MR) is 71.8 cm³/mol. The Morgan fingerprint density at radius 1 is 1.24 bits per heavy atom. The second kappa shape index (κ2) is 5.86. The molecule has 2 aromatic rings. The predicted octanol–water partition coefficient (Wildman–Crippen LogP) is 2.70. The summed E-state index contributed by atoms with van der Waals surface area (Å²) in [6.45, 7) is 0.170. The van der Waals surface area contributed by atoms with Gasteiger partial charge in [0.15, 0.2) is 0 Å². The second-order valence-electron chi connectivity index (χ2n) is 4.21. The van der Waals surface area contributed by atoms with Gasteiger partial charge in [-0.05, 0) is 17.7 Å². The van der Waals surface area contributed by atoms with Crippen molar-refractivity contribution in [2.75, 3.05) is 18.2 Å². The number of aromatic nitrogens is 2. The molecule has 0 fully saturated rings. The average Bonchev–Trinajstić information content (AvgIpc) is 2.44. The van der Waals surface area contributed by atoms with Crippen molar-refractivity contribution < 1.29 is 17.9 Å². The zero-order valence-corrected chi connectivity index (χ0v) is 11.1. The number of rotatable bonds is 4. The molecule has 0 aliphatic rings. The molecule has 2 rings (SSSR count). The van der Waals surface area contributed by atoms with Crippen LogP contribution in [-0.4, -0.2) is 17.1 Å². The van der Waals surface area contributed by atoms with Crippen molar-refractivity contribution in [3.05, 3.63) is 41.5 Å². The molecule has 1 heterocycles. The van der Waals surface area contributed by atoms with Crippen molar-refractivity contribution in [3.8, 4) is 5.88 Å². The van der Waals surface area contributed by atoms with E-state index >= 15 is 0 Å². The minimum atomic E-state index is -4.36. The molecular weight excluding hydrogens is 285 g/mol. The summed E-state index contributed by atoms with van der Waals surface area (Å²) in [6, 6.07) is 6.55. The highest BCUT2D eigenvalue weighted by Gasteiger charge is 2.30. The minimum Gasteiger partial charge on any atom is -0.481 e. The van der Waals surface area contributed by atoms with Crippen LogP contribution in [0.4, 0.5) is 24.9 Å². The summed E-state index contributed by atoms with van der Waals surface area (Å²) < 4.78 is 42.8. The number of methoxy groups -OCH3 is 1. The molecule has 3 N–H and O–H groups in total. The summed E-state index contributed by atoms with van der Waals surface area (Å²) in [4.78, 5) is 7.73. The van der Waals surface area contributed by atoms with Crippen LogP contribution in [0.15, 0.2) is 30.3 Å². The van der Waals surface area contributed by atoms with Gasteiger partial charge in [-0.15, -0.1) is 0 Å². The Labute approximate surface area is 119 Å². The molecule has 0 bridgehead atoms. The van der Waals surface area contributed by atoms with E-state index in [9.17, 15) is 13.2 Å². The third-order valence-electron chi connectivity index (χ3n) is 2.66. The van der Waals surface area contributed by atoms with Crippen LogP contribution >= 0.6 is 0 Å². The topological polar surface area (TPSA) is 73.1 Å². The lowest BCUT2D eigenvalue weighted by Gasteiger charge is -2.10. The van der Waals surface area contributed by atoms with Crippen molar-refractivity contribution in [3.63, 3.8) is 0 Å². The Bertz CT molecular complexity index is 631. The van der Waals surface area contributed by atoms with Crippen LogP contribution < -0.4 is 15.8 Å². The number of alkyl halides is 3. The fourth-order valence-electron chi connectivity index (χ4n) is 1.69. The van der Waals surface area contributed by atoms with Gasteiger partial charge >= 0.3 is 6.18 Å². The van der Waals surface area contributed by atoms with Gasteiger partial charge in [0.25, 0.3) is 0 Å². The molecule has 0 saturated heterocycles. The minimum absolute atomic E-state index is 0.0147. The van der Waals surface area contributed by atoms with Crippen LogP contribution in [-0.2, 0) is 12.7 Å². The highest BCUT2D eigenvalue weighted by atomic mass is 19.4. The quantitative estimate of drug-likeness (QED) is 0.908. The summed E-state index contributed by atoms with van der Waals surface area (Å²) in [6.07, 6.45) is -4.36. The van der Waals surface area contributed by atoms with E-state index in [0.29, 0.717) is 11.4 Å². The number of anilines is 2. The molecule has 8 heteroatoms. The summed E-state index contributed by atoms with van der Waals surface area (Å²) in [5.74, 6) is 0.659. The molecule has 1 aromatic carbocycles. The van der Waals surface area contributed by atoms with E-state index in [4.69, 9.17) is 10.5 Å². The van der Waals surface area contributed by atoms with Crippen LogP contribution in [0.2, 0.25) is 0 Å². The van der Waals surface area contributed by atoms with Gasteiger partial charge in [0.05, 0.1) is 12.7 Å². The standard InChI is InChI=1S/C13H13F3N4O/c1-21-11-6-10(19-12(17)20-11)18-7-8-3-2-4-9(5-8)13(14,15)16/h2-6H,7H2,1H3,(H3,17,18,19,20). The summed E-state index contributed by atoms with van der Waals surface area (Å²) >= 11 is 0. The van der Waals surface area contributed by atoms with Gasteiger partial charge < -0.3 is 15.8 Å². The molecule has 0 radical (unpaired) electrons. The SMILES string of the molecule is COc1cc(NCc2cccc(C(F)(F)F)c2)nc(N)n1.